The van der Waals surface area contributed by atoms with Gasteiger partial charge in [0.05, 0.1) is 5.60 Å². The number of aromatic amines is 1. The first kappa shape index (κ1) is 19.6. The van der Waals surface area contributed by atoms with Crippen molar-refractivity contribution in [3.63, 3.8) is 0 Å². The van der Waals surface area contributed by atoms with Crippen molar-refractivity contribution in [2.45, 2.75) is 70.1 Å². The van der Waals surface area contributed by atoms with Crippen LogP contribution in [0.1, 0.15) is 66.8 Å². The molecule has 0 amide bonds. The maximum absolute atomic E-state index is 6.36. The topological polar surface area (TPSA) is 28.3 Å². The summed E-state index contributed by atoms with van der Waals surface area (Å²) in [5.41, 5.74) is 7.38. The molecule has 162 valence electrons. The van der Waals surface area contributed by atoms with Crippen LogP contribution in [0.15, 0.2) is 48.7 Å². The average Bonchev–Trinajstić information content (AvgIpc) is 3.27. The van der Waals surface area contributed by atoms with E-state index in [1.807, 2.05) is 0 Å². The Labute approximate surface area is 185 Å². The summed E-state index contributed by atoms with van der Waals surface area (Å²) >= 11 is 0. The number of likely N-dealkylation sites (tertiary alicyclic amines) is 1. The van der Waals surface area contributed by atoms with Gasteiger partial charge in [-0.25, -0.2) is 0 Å². The molecule has 2 aliphatic heterocycles. The van der Waals surface area contributed by atoms with Gasteiger partial charge in [0.25, 0.3) is 0 Å². The first-order valence-electron chi connectivity index (χ1n) is 12.2. The Hall–Kier alpha value is -2.10. The molecule has 1 N–H and O–H groups in total. The molecule has 1 unspecified atom stereocenters. The third kappa shape index (κ3) is 3.72. The summed E-state index contributed by atoms with van der Waals surface area (Å²) in [6, 6.07) is 16.4. The molecule has 1 aromatic heterocycles. The molecule has 2 aromatic carbocycles. The molecule has 3 aliphatic rings. The Kier molecular flexibility index (Phi) is 4.92. The van der Waals surface area contributed by atoms with Gasteiger partial charge in [0, 0.05) is 42.8 Å². The van der Waals surface area contributed by atoms with Crippen LogP contribution in [0, 0.1) is 12.8 Å². The minimum absolute atomic E-state index is 0.102. The molecule has 1 spiro atoms. The third-order valence-electron chi connectivity index (χ3n) is 8.04. The largest absolute Gasteiger partial charge is 0.375 e. The van der Waals surface area contributed by atoms with Gasteiger partial charge in [0.1, 0.15) is 0 Å². The highest BCUT2D eigenvalue weighted by atomic mass is 16.5. The first-order valence-corrected chi connectivity index (χ1v) is 12.2. The number of H-pyrrole nitrogens is 1. The van der Waals surface area contributed by atoms with Crippen LogP contribution in [0.25, 0.3) is 10.9 Å². The summed E-state index contributed by atoms with van der Waals surface area (Å²) in [6.45, 7) is 5.34. The highest BCUT2D eigenvalue weighted by Crippen LogP contribution is 2.45. The van der Waals surface area contributed by atoms with Crippen molar-refractivity contribution in [3.05, 3.63) is 70.9 Å². The molecule has 3 fully saturated rings. The summed E-state index contributed by atoms with van der Waals surface area (Å²) in [7, 11) is 0. The predicted octanol–water partition coefficient (Wildman–Crippen LogP) is 6.32. The molecule has 3 heterocycles. The first-order chi connectivity index (χ1) is 15.2. The maximum atomic E-state index is 6.36. The number of hydrogen-bond acceptors (Lipinski definition) is 2. The SMILES string of the molecule is Cc1cc(CC2CC2)c(CN2CCC3(CCCO3)C[C@H]2c2ccccc2)c2cc[nH]c12. The Balaban J connectivity index is 1.37. The number of nitrogens with zero attached hydrogens (tertiary/aromatic N) is 1. The number of ether oxygens (including phenoxy) is 1. The van der Waals surface area contributed by atoms with Gasteiger partial charge >= 0.3 is 0 Å². The molecule has 2 saturated heterocycles. The van der Waals surface area contributed by atoms with E-state index >= 15 is 0 Å². The number of hydrogen-bond donors (Lipinski definition) is 1. The van der Waals surface area contributed by atoms with Gasteiger partial charge in [-0.1, -0.05) is 36.4 Å². The zero-order valence-corrected chi connectivity index (χ0v) is 18.7. The number of aryl methyl sites for hydroxylation is 1. The van der Waals surface area contributed by atoms with E-state index in [1.54, 1.807) is 11.1 Å². The second-order valence-electron chi connectivity index (χ2n) is 10.2. The molecular weight excluding hydrogens is 380 g/mol. The van der Waals surface area contributed by atoms with E-state index < -0.39 is 0 Å². The second-order valence-corrected chi connectivity index (χ2v) is 10.2. The summed E-state index contributed by atoms with van der Waals surface area (Å²) in [5, 5.41) is 1.43. The minimum Gasteiger partial charge on any atom is -0.375 e. The van der Waals surface area contributed by atoms with Crippen LogP contribution in [0.3, 0.4) is 0 Å². The number of aromatic nitrogens is 1. The van der Waals surface area contributed by atoms with Gasteiger partial charge in [-0.3, -0.25) is 4.90 Å². The van der Waals surface area contributed by atoms with Crippen molar-refractivity contribution in [1.29, 1.82) is 0 Å². The molecule has 0 bridgehead atoms. The van der Waals surface area contributed by atoms with E-state index in [4.69, 9.17) is 4.74 Å². The number of piperidine rings is 1. The monoisotopic (exact) mass is 414 g/mol. The maximum Gasteiger partial charge on any atom is 0.0713 e. The Morgan fingerprint density at radius 2 is 2.00 bits per heavy atom. The van der Waals surface area contributed by atoms with Crippen LogP contribution in [0.2, 0.25) is 0 Å². The van der Waals surface area contributed by atoms with E-state index in [2.05, 4.69) is 65.5 Å². The fraction of sp³-hybridized carbons (Fsp3) is 0.500. The Bertz CT molecular complexity index is 1060. The zero-order chi connectivity index (χ0) is 20.8. The summed E-state index contributed by atoms with van der Waals surface area (Å²) < 4.78 is 6.36. The van der Waals surface area contributed by atoms with Crippen molar-refractivity contribution >= 4 is 10.9 Å². The lowest BCUT2D eigenvalue weighted by Crippen LogP contribution is -2.45. The normalized spacial score (nSPS) is 26.8. The van der Waals surface area contributed by atoms with Crippen molar-refractivity contribution in [3.8, 4) is 0 Å². The van der Waals surface area contributed by atoms with E-state index in [-0.39, 0.29) is 5.60 Å². The fourth-order valence-electron chi connectivity index (χ4n) is 6.14. The predicted molar refractivity (Wildman–Crippen MR) is 126 cm³/mol. The number of fused-ring (bicyclic) bond motifs is 1. The van der Waals surface area contributed by atoms with Crippen molar-refractivity contribution < 1.29 is 4.74 Å². The van der Waals surface area contributed by atoms with Crippen LogP contribution >= 0.6 is 0 Å². The van der Waals surface area contributed by atoms with E-state index in [0.717, 1.165) is 38.5 Å². The molecule has 3 aromatic rings. The molecule has 1 aliphatic carbocycles. The van der Waals surface area contributed by atoms with Gasteiger partial charge in [-0.2, -0.15) is 0 Å². The van der Waals surface area contributed by atoms with Gasteiger partial charge in [0.2, 0.25) is 0 Å². The lowest BCUT2D eigenvalue weighted by molar-refractivity contribution is -0.0675. The number of nitrogens with one attached hydrogen (secondary N) is 1. The van der Waals surface area contributed by atoms with Crippen LogP contribution in [0.5, 0.6) is 0 Å². The molecule has 3 nitrogen and oxygen atoms in total. The quantitative estimate of drug-likeness (QED) is 0.529. The van der Waals surface area contributed by atoms with Gasteiger partial charge < -0.3 is 9.72 Å². The molecule has 31 heavy (non-hydrogen) atoms. The van der Waals surface area contributed by atoms with Gasteiger partial charge in [-0.05, 0) is 86.1 Å². The smallest absolute Gasteiger partial charge is 0.0713 e. The molecule has 0 radical (unpaired) electrons. The van der Waals surface area contributed by atoms with E-state index in [0.29, 0.717) is 6.04 Å². The van der Waals surface area contributed by atoms with E-state index in [1.165, 1.54) is 54.1 Å². The minimum atomic E-state index is 0.102. The highest BCUT2D eigenvalue weighted by molar-refractivity contribution is 5.87. The lowest BCUT2D eigenvalue weighted by Gasteiger charge is -2.45. The summed E-state index contributed by atoms with van der Waals surface area (Å²) in [5.74, 6) is 0.899. The Morgan fingerprint density at radius 1 is 1.13 bits per heavy atom. The van der Waals surface area contributed by atoms with Crippen molar-refractivity contribution in [1.82, 2.24) is 9.88 Å². The van der Waals surface area contributed by atoms with Crippen molar-refractivity contribution in [2.24, 2.45) is 5.92 Å². The van der Waals surface area contributed by atoms with Crippen LogP contribution < -0.4 is 0 Å². The van der Waals surface area contributed by atoms with E-state index in [9.17, 15) is 0 Å². The van der Waals surface area contributed by atoms with Crippen LogP contribution in [-0.4, -0.2) is 28.6 Å². The second kappa shape index (κ2) is 7.79. The fourth-order valence-corrected chi connectivity index (χ4v) is 6.14. The zero-order valence-electron chi connectivity index (χ0n) is 18.7. The lowest BCUT2D eigenvalue weighted by atomic mass is 9.81. The molecular formula is C28H34N2O. The molecule has 3 heteroatoms. The van der Waals surface area contributed by atoms with Crippen LogP contribution in [-0.2, 0) is 17.7 Å². The summed E-state index contributed by atoms with van der Waals surface area (Å²) in [6.07, 6.45) is 10.9. The molecule has 6 rings (SSSR count). The number of benzene rings is 2. The number of rotatable bonds is 5. The van der Waals surface area contributed by atoms with Gasteiger partial charge in [-0.15, -0.1) is 0 Å². The van der Waals surface area contributed by atoms with Gasteiger partial charge in [0.15, 0.2) is 0 Å². The van der Waals surface area contributed by atoms with Crippen molar-refractivity contribution in [2.75, 3.05) is 13.2 Å². The average molecular weight is 415 g/mol. The standard InChI is InChI=1S/C28H34N2O/c1-20-16-23(17-21-8-9-21)25(24-10-13-29-27(20)24)19-30-14-12-28(11-5-15-31-28)18-26(30)22-6-3-2-4-7-22/h2-4,6-7,10,13,16,21,26,29H,5,8-9,11-12,14-15,17-19H2,1H3/t26-,28?/m0/s1. The molecule has 2 atom stereocenters. The summed E-state index contributed by atoms with van der Waals surface area (Å²) in [4.78, 5) is 6.25. The molecule has 1 saturated carbocycles. The Morgan fingerprint density at radius 3 is 2.77 bits per heavy atom. The third-order valence-corrected chi connectivity index (χ3v) is 8.04. The van der Waals surface area contributed by atoms with Crippen LogP contribution in [0.4, 0.5) is 0 Å². The highest BCUT2D eigenvalue weighted by Gasteiger charge is 2.43.